The van der Waals surface area contributed by atoms with Gasteiger partial charge in [0.15, 0.2) is 0 Å². The molecule has 2 heteroatoms. The van der Waals surface area contributed by atoms with Gasteiger partial charge in [-0.2, -0.15) is 0 Å². The van der Waals surface area contributed by atoms with Gasteiger partial charge in [0, 0.05) is 0 Å². The lowest BCUT2D eigenvalue weighted by molar-refractivity contribution is 0.0734. The van der Waals surface area contributed by atoms with E-state index in [1.165, 1.54) is 5.56 Å². The fourth-order valence-electron chi connectivity index (χ4n) is 1.75. The van der Waals surface area contributed by atoms with Crippen molar-refractivity contribution in [2.24, 2.45) is 0 Å². The summed E-state index contributed by atoms with van der Waals surface area (Å²) in [5.41, 5.74) is 1.83. The molecule has 0 bridgehead atoms. The Morgan fingerprint density at radius 3 is 2.28 bits per heavy atom. The van der Waals surface area contributed by atoms with Crippen molar-refractivity contribution in [1.29, 1.82) is 0 Å². The molecule has 0 atom stereocenters. The van der Waals surface area contributed by atoms with Crippen LogP contribution in [0.2, 0.25) is 0 Å². The van der Waals surface area contributed by atoms with Crippen molar-refractivity contribution in [3.8, 4) is 5.75 Å². The predicted octanol–water partition coefficient (Wildman–Crippen LogP) is 3.86. The van der Waals surface area contributed by atoms with E-state index in [0.717, 1.165) is 12.8 Å². The lowest BCUT2D eigenvalue weighted by Gasteiger charge is -2.05. The third kappa shape index (κ3) is 3.20. The van der Waals surface area contributed by atoms with E-state index < -0.39 is 0 Å². The molecule has 0 unspecified atom stereocenters. The maximum Gasteiger partial charge on any atom is 0.343 e. The summed E-state index contributed by atoms with van der Waals surface area (Å²) in [5, 5.41) is 0. The highest BCUT2D eigenvalue weighted by Crippen LogP contribution is 2.15. The largest absolute Gasteiger partial charge is 0.423 e. The number of ether oxygens (including phenoxy) is 1. The second-order valence-electron chi connectivity index (χ2n) is 4.15. The fourth-order valence-corrected chi connectivity index (χ4v) is 1.75. The molecule has 0 radical (unpaired) electrons. The van der Waals surface area contributed by atoms with Crippen LogP contribution in [0.1, 0.15) is 29.3 Å². The van der Waals surface area contributed by atoms with Crippen LogP contribution in [-0.4, -0.2) is 5.97 Å². The first kappa shape index (κ1) is 12.4. The quantitative estimate of drug-likeness (QED) is 0.599. The zero-order chi connectivity index (χ0) is 12.8. The summed E-state index contributed by atoms with van der Waals surface area (Å²) in [6.07, 6.45) is 2.16. The average Bonchev–Trinajstić information content (AvgIpc) is 2.42. The van der Waals surface area contributed by atoms with Crippen LogP contribution < -0.4 is 4.74 Å². The van der Waals surface area contributed by atoms with Gasteiger partial charge in [-0.25, -0.2) is 4.79 Å². The molecule has 0 aliphatic heterocycles. The van der Waals surface area contributed by atoms with Crippen LogP contribution >= 0.6 is 0 Å². The van der Waals surface area contributed by atoms with E-state index >= 15 is 0 Å². The van der Waals surface area contributed by atoms with E-state index in [9.17, 15) is 4.79 Å². The van der Waals surface area contributed by atoms with Crippen LogP contribution in [0.25, 0.3) is 0 Å². The van der Waals surface area contributed by atoms with Crippen LogP contribution in [0.5, 0.6) is 5.75 Å². The number of benzene rings is 2. The van der Waals surface area contributed by atoms with Gasteiger partial charge in [-0.3, -0.25) is 0 Å². The van der Waals surface area contributed by atoms with Gasteiger partial charge in [0.05, 0.1) is 5.56 Å². The van der Waals surface area contributed by atoms with Gasteiger partial charge in [0.1, 0.15) is 5.75 Å². The summed E-state index contributed by atoms with van der Waals surface area (Å²) in [7, 11) is 0. The lowest BCUT2D eigenvalue weighted by Crippen LogP contribution is -2.07. The van der Waals surface area contributed by atoms with Crippen LogP contribution in [0.4, 0.5) is 0 Å². The molecule has 0 fully saturated rings. The molecule has 0 aliphatic rings. The first-order valence-corrected chi connectivity index (χ1v) is 6.16. The Bertz CT molecular complexity index is 500. The first-order chi connectivity index (χ1) is 8.79. The van der Waals surface area contributed by atoms with E-state index in [2.05, 4.69) is 6.92 Å². The summed E-state index contributed by atoms with van der Waals surface area (Å²) in [6, 6.07) is 16.7. The number of esters is 1. The van der Waals surface area contributed by atoms with Gasteiger partial charge in [-0.1, -0.05) is 43.7 Å². The third-order valence-corrected chi connectivity index (χ3v) is 2.68. The Hall–Kier alpha value is -2.09. The zero-order valence-electron chi connectivity index (χ0n) is 10.4. The Morgan fingerprint density at radius 2 is 1.67 bits per heavy atom. The van der Waals surface area contributed by atoms with E-state index in [0.29, 0.717) is 11.3 Å². The Kier molecular flexibility index (Phi) is 4.13. The van der Waals surface area contributed by atoms with Gasteiger partial charge in [0.2, 0.25) is 0 Å². The van der Waals surface area contributed by atoms with Crippen molar-refractivity contribution in [1.82, 2.24) is 0 Å². The van der Waals surface area contributed by atoms with Crippen LogP contribution in [0.15, 0.2) is 54.6 Å². The minimum Gasteiger partial charge on any atom is -0.423 e. The summed E-state index contributed by atoms with van der Waals surface area (Å²) in [5.74, 6) is 0.266. The van der Waals surface area contributed by atoms with Gasteiger partial charge < -0.3 is 4.74 Å². The number of aryl methyl sites for hydroxylation is 1. The molecule has 0 N–H and O–H groups in total. The van der Waals surface area contributed by atoms with Crippen LogP contribution in [-0.2, 0) is 6.42 Å². The van der Waals surface area contributed by atoms with Crippen molar-refractivity contribution < 1.29 is 9.53 Å². The van der Waals surface area contributed by atoms with Gasteiger partial charge in [-0.05, 0) is 36.2 Å². The zero-order valence-corrected chi connectivity index (χ0v) is 10.4. The van der Waals surface area contributed by atoms with E-state index in [1.807, 2.05) is 42.5 Å². The highest BCUT2D eigenvalue weighted by molar-refractivity contribution is 5.90. The second-order valence-corrected chi connectivity index (χ2v) is 4.15. The molecule has 92 valence electrons. The third-order valence-electron chi connectivity index (χ3n) is 2.68. The van der Waals surface area contributed by atoms with Crippen molar-refractivity contribution in [3.63, 3.8) is 0 Å². The highest BCUT2D eigenvalue weighted by atomic mass is 16.5. The standard InChI is InChI=1S/C16H16O2/c1-2-6-13-9-11-15(12-10-13)18-16(17)14-7-4-3-5-8-14/h3-5,7-12H,2,6H2,1H3. The summed E-state index contributed by atoms with van der Waals surface area (Å²) in [4.78, 5) is 11.8. The first-order valence-electron chi connectivity index (χ1n) is 6.16. The topological polar surface area (TPSA) is 26.3 Å². The SMILES string of the molecule is CCCc1ccc(OC(=O)c2ccccc2)cc1. The molecule has 0 heterocycles. The van der Waals surface area contributed by atoms with Gasteiger partial charge in [-0.15, -0.1) is 0 Å². The maximum absolute atomic E-state index is 11.8. The second kappa shape index (κ2) is 6.01. The molecule has 2 rings (SSSR count). The number of hydrogen-bond donors (Lipinski definition) is 0. The van der Waals surface area contributed by atoms with Crippen molar-refractivity contribution in [3.05, 3.63) is 65.7 Å². The van der Waals surface area contributed by atoms with Gasteiger partial charge >= 0.3 is 5.97 Å². The Balaban J connectivity index is 2.03. The monoisotopic (exact) mass is 240 g/mol. The smallest absolute Gasteiger partial charge is 0.343 e. The summed E-state index contributed by atoms with van der Waals surface area (Å²) >= 11 is 0. The Labute approximate surface area is 107 Å². The van der Waals surface area contributed by atoms with E-state index in [1.54, 1.807) is 12.1 Å². The molecular weight excluding hydrogens is 224 g/mol. The fraction of sp³-hybridized carbons (Fsp3) is 0.188. The predicted molar refractivity (Wildman–Crippen MR) is 71.8 cm³/mol. The molecule has 0 spiro atoms. The Morgan fingerprint density at radius 1 is 1.00 bits per heavy atom. The molecule has 0 amide bonds. The minimum absolute atomic E-state index is 0.321. The number of rotatable bonds is 4. The summed E-state index contributed by atoms with van der Waals surface area (Å²) in [6.45, 7) is 2.14. The van der Waals surface area contributed by atoms with Crippen molar-refractivity contribution >= 4 is 5.97 Å². The van der Waals surface area contributed by atoms with E-state index in [-0.39, 0.29) is 5.97 Å². The van der Waals surface area contributed by atoms with E-state index in [4.69, 9.17) is 4.74 Å². The molecule has 2 nitrogen and oxygen atoms in total. The minimum atomic E-state index is -0.321. The van der Waals surface area contributed by atoms with Crippen molar-refractivity contribution in [2.75, 3.05) is 0 Å². The molecule has 0 aliphatic carbocycles. The highest BCUT2D eigenvalue weighted by Gasteiger charge is 2.07. The van der Waals surface area contributed by atoms with Crippen LogP contribution in [0, 0.1) is 0 Å². The van der Waals surface area contributed by atoms with Crippen LogP contribution in [0.3, 0.4) is 0 Å². The number of carbonyl (C=O) groups excluding carboxylic acids is 1. The molecule has 0 saturated carbocycles. The number of carbonyl (C=O) groups is 1. The lowest BCUT2D eigenvalue weighted by atomic mass is 10.1. The number of hydrogen-bond acceptors (Lipinski definition) is 2. The normalized spacial score (nSPS) is 10.1. The summed E-state index contributed by atoms with van der Waals surface area (Å²) < 4.78 is 5.29. The molecule has 2 aromatic carbocycles. The molecule has 0 saturated heterocycles. The maximum atomic E-state index is 11.8. The molecule has 0 aromatic heterocycles. The molecular formula is C16H16O2. The van der Waals surface area contributed by atoms with Crippen molar-refractivity contribution in [2.45, 2.75) is 19.8 Å². The molecule has 18 heavy (non-hydrogen) atoms. The average molecular weight is 240 g/mol. The molecule has 2 aromatic rings. The van der Waals surface area contributed by atoms with Gasteiger partial charge in [0.25, 0.3) is 0 Å².